The van der Waals surface area contributed by atoms with Crippen LogP contribution in [-0.2, 0) is 13.6 Å². The van der Waals surface area contributed by atoms with Crippen molar-refractivity contribution in [3.8, 4) is 11.7 Å². The second-order valence-corrected chi connectivity index (χ2v) is 9.57. The monoisotopic (exact) mass is 511 g/mol. The summed E-state index contributed by atoms with van der Waals surface area (Å²) >= 11 is 0. The largest absolute Gasteiger partial charge is 0.474 e. The second kappa shape index (κ2) is 9.75. The van der Waals surface area contributed by atoms with Crippen molar-refractivity contribution in [3.63, 3.8) is 0 Å². The molecule has 4 aromatic heterocycles. The fraction of sp³-hybridized carbons (Fsp3) is 0.296. The topological polar surface area (TPSA) is 108 Å². The van der Waals surface area contributed by atoms with Crippen LogP contribution in [-0.4, -0.2) is 65.2 Å². The van der Waals surface area contributed by atoms with Gasteiger partial charge in [-0.2, -0.15) is 15.1 Å². The van der Waals surface area contributed by atoms with Gasteiger partial charge >= 0.3 is 0 Å². The van der Waals surface area contributed by atoms with Crippen molar-refractivity contribution in [1.82, 2.24) is 39.0 Å². The summed E-state index contributed by atoms with van der Waals surface area (Å²) in [5.74, 6) is 1.42. The Morgan fingerprint density at radius 3 is 2.82 bits per heavy atom. The van der Waals surface area contributed by atoms with Gasteiger partial charge in [-0.3, -0.25) is 9.48 Å². The molecule has 5 heterocycles. The molecule has 0 radical (unpaired) electrons. The van der Waals surface area contributed by atoms with Crippen LogP contribution in [0, 0.1) is 0 Å². The van der Waals surface area contributed by atoms with Crippen LogP contribution in [0.2, 0.25) is 0 Å². The molecule has 11 heteroatoms. The van der Waals surface area contributed by atoms with E-state index in [2.05, 4.69) is 33.9 Å². The van der Waals surface area contributed by atoms with E-state index in [1.165, 1.54) is 0 Å². The molecule has 38 heavy (non-hydrogen) atoms. The molecule has 6 rings (SSSR count). The third-order valence-corrected chi connectivity index (χ3v) is 6.73. The molecular weight excluding hydrogens is 482 g/mol. The molecule has 1 saturated heterocycles. The van der Waals surface area contributed by atoms with Crippen LogP contribution in [0.1, 0.15) is 12.8 Å². The molecule has 1 fully saturated rings. The molecule has 1 aromatic carbocycles. The van der Waals surface area contributed by atoms with E-state index in [9.17, 15) is 4.79 Å². The van der Waals surface area contributed by atoms with Gasteiger partial charge in [0.2, 0.25) is 11.8 Å². The number of aryl methyl sites for hydroxylation is 1. The molecule has 0 spiro atoms. The lowest BCUT2D eigenvalue weighted by Crippen LogP contribution is -2.35. The SMILES string of the molecule is C=CCn1c(=O)c2cnc(Nc3ccc4nn(C)cc4c3)nc2n1-c1cccc(OC2CCN(C)CC2)n1. The maximum Gasteiger partial charge on any atom is 0.278 e. The van der Waals surface area contributed by atoms with Crippen molar-refractivity contribution < 1.29 is 4.74 Å². The summed E-state index contributed by atoms with van der Waals surface area (Å²) in [4.78, 5) is 29.5. The zero-order valence-electron chi connectivity index (χ0n) is 21.4. The third-order valence-electron chi connectivity index (χ3n) is 6.73. The summed E-state index contributed by atoms with van der Waals surface area (Å²) in [6, 6.07) is 11.4. The summed E-state index contributed by atoms with van der Waals surface area (Å²) in [5.41, 5.74) is 1.95. The lowest BCUT2D eigenvalue weighted by molar-refractivity contribution is 0.110. The number of hydrogen-bond acceptors (Lipinski definition) is 8. The van der Waals surface area contributed by atoms with Gasteiger partial charge in [-0.1, -0.05) is 12.1 Å². The molecule has 194 valence electrons. The second-order valence-electron chi connectivity index (χ2n) is 9.57. The average Bonchev–Trinajstić information content (AvgIpc) is 3.41. The zero-order valence-corrected chi connectivity index (χ0v) is 21.4. The van der Waals surface area contributed by atoms with Crippen LogP contribution in [0.4, 0.5) is 11.6 Å². The molecule has 0 unspecified atom stereocenters. The molecule has 0 atom stereocenters. The predicted octanol–water partition coefficient (Wildman–Crippen LogP) is 3.27. The van der Waals surface area contributed by atoms with Gasteiger partial charge in [0.05, 0.1) is 12.1 Å². The number of ether oxygens (including phenoxy) is 1. The normalized spacial score (nSPS) is 14.8. The van der Waals surface area contributed by atoms with Crippen LogP contribution in [0.25, 0.3) is 27.8 Å². The van der Waals surface area contributed by atoms with Crippen molar-refractivity contribution in [1.29, 1.82) is 0 Å². The summed E-state index contributed by atoms with van der Waals surface area (Å²) in [6.07, 6.45) is 7.17. The minimum Gasteiger partial charge on any atom is -0.474 e. The van der Waals surface area contributed by atoms with Gasteiger partial charge < -0.3 is 15.0 Å². The van der Waals surface area contributed by atoms with E-state index >= 15 is 0 Å². The Balaban J connectivity index is 1.38. The maximum atomic E-state index is 13.3. The smallest absolute Gasteiger partial charge is 0.278 e. The summed E-state index contributed by atoms with van der Waals surface area (Å²) in [7, 11) is 4.01. The number of nitrogens with zero attached hydrogens (tertiary/aromatic N) is 8. The quantitative estimate of drug-likeness (QED) is 0.332. The predicted molar refractivity (Wildman–Crippen MR) is 146 cm³/mol. The number of fused-ring (bicyclic) bond motifs is 2. The lowest BCUT2D eigenvalue weighted by atomic mass is 10.1. The molecular formula is C27H29N9O2. The van der Waals surface area contributed by atoms with Crippen molar-refractivity contribution in [2.75, 3.05) is 25.5 Å². The molecule has 0 amide bonds. The molecule has 1 aliphatic rings. The fourth-order valence-electron chi connectivity index (χ4n) is 4.83. The van der Waals surface area contributed by atoms with E-state index in [-0.39, 0.29) is 18.2 Å². The molecule has 0 saturated carbocycles. The first kappa shape index (κ1) is 23.9. The third kappa shape index (κ3) is 4.52. The van der Waals surface area contributed by atoms with Crippen LogP contribution in [0.3, 0.4) is 0 Å². The van der Waals surface area contributed by atoms with E-state index in [1.807, 2.05) is 49.6 Å². The Morgan fingerprint density at radius 1 is 1.16 bits per heavy atom. The van der Waals surface area contributed by atoms with Crippen molar-refractivity contribution in [2.45, 2.75) is 25.5 Å². The molecule has 1 aliphatic heterocycles. The first-order chi connectivity index (χ1) is 18.5. The molecule has 11 nitrogen and oxygen atoms in total. The van der Waals surface area contributed by atoms with Crippen LogP contribution < -0.4 is 15.6 Å². The molecule has 0 bridgehead atoms. The van der Waals surface area contributed by atoms with Crippen LogP contribution in [0.15, 0.2) is 66.2 Å². The van der Waals surface area contributed by atoms with Gasteiger partial charge in [0.1, 0.15) is 11.5 Å². The van der Waals surface area contributed by atoms with Gasteiger partial charge in [0.15, 0.2) is 11.5 Å². The number of likely N-dealkylation sites (tertiary alicyclic amines) is 1. The highest BCUT2D eigenvalue weighted by atomic mass is 16.5. The number of pyridine rings is 1. The van der Waals surface area contributed by atoms with Crippen molar-refractivity contribution in [2.24, 2.45) is 7.05 Å². The Morgan fingerprint density at radius 2 is 2.00 bits per heavy atom. The number of allylic oxidation sites excluding steroid dienone is 1. The van der Waals surface area contributed by atoms with Gasteiger partial charge in [0, 0.05) is 49.7 Å². The zero-order chi connectivity index (χ0) is 26.2. The fourth-order valence-corrected chi connectivity index (χ4v) is 4.83. The first-order valence-corrected chi connectivity index (χ1v) is 12.6. The summed E-state index contributed by atoms with van der Waals surface area (Å²) in [6.45, 7) is 6.10. The Bertz CT molecular complexity index is 1690. The van der Waals surface area contributed by atoms with E-state index in [0.29, 0.717) is 28.7 Å². The number of anilines is 2. The number of hydrogen-bond donors (Lipinski definition) is 1. The standard InChI is InChI=1S/C27H29N9O2/c1-4-12-35-26(37)21-16-28-27(29-19-8-9-22-18(15-19)17-34(3)32-22)31-25(21)36(35)23-6-5-7-24(30-23)38-20-10-13-33(2)14-11-20/h4-9,15-17,20H,1,10-14H2,2-3H3,(H,28,29,31). The minimum atomic E-state index is -0.216. The highest BCUT2D eigenvalue weighted by molar-refractivity contribution is 5.83. The van der Waals surface area contributed by atoms with Crippen molar-refractivity contribution in [3.05, 3.63) is 71.8 Å². The van der Waals surface area contributed by atoms with Gasteiger partial charge in [-0.25, -0.2) is 14.3 Å². The first-order valence-electron chi connectivity index (χ1n) is 12.6. The van der Waals surface area contributed by atoms with Crippen LogP contribution in [0.5, 0.6) is 5.88 Å². The molecule has 5 aromatic rings. The minimum absolute atomic E-state index is 0.112. The lowest BCUT2D eigenvalue weighted by Gasteiger charge is -2.29. The van der Waals surface area contributed by atoms with Crippen molar-refractivity contribution >= 4 is 33.6 Å². The number of nitrogens with one attached hydrogen (secondary N) is 1. The van der Waals surface area contributed by atoms with Gasteiger partial charge in [-0.15, -0.1) is 6.58 Å². The average molecular weight is 512 g/mol. The number of benzene rings is 1. The number of rotatable bonds is 7. The molecule has 1 N–H and O–H groups in total. The Labute approximate surface area is 219 Å². The Kier molecular flexibility index (Phi) is 6.12. The van der Waals surface area contributed by atoms with Crippen LogP contribution >= 0.6 is 0 Å². The molecule has 0 aliphatic carbocycles. The highest BCUT2D eigenvalue weighted by Gasteiger charge is 2.21. The summed E-state index contributed by atoms with van der Waals surface area (Å²) in [5, 5.41) is 9.06. The highest BCUT2D eigenvalue weighted by Crippen LogP contribution is 2.23. The maximum absolute atomic E-state index is 13.3. The van der Waals surface area contributed by atoms with Gasteiger partial charge in [-0.05, 0) is 44.2 Å². The number of aromatic nitrogens is 7. The van der Waals surface area contributed by atoms with E-state index in [1.54, 1.807) is 26.3 Å². The number of piperidine rings is 1. The van der Waals surface area contributed by atoms with E-state index in [0.717, 1.165) is 42.5 Å². The summed E-state index contributed by atoms with van der Waals surface area (Å²) < 4.78 is 11.2. The van der Waals surface area contributed by atoms with E-state index in [4.69, 9.17) is 14.7 Å². The Hall–Kier alpha value is -4.51. The van der Waals surface area contributed by atoms with Gasteiger partial charge in [0.25, 0.3) is 5.56 Å². The van der Waals surface area contributed by atoms with E-state index < -0.39 is 0 Å².